The predicted octanol–water partition coefficient (Wildman–Crippen LogP) is 3.68. The van der Waals surface area contributed by atoms with Crippen molar-refractivity contribution in [3.05, 3.63) is 65.3 Å². The number of likely N-dealkylation sites (tertiary alicyclic amines) is 1. The first-order valence-corrected chi connectivity index (χ1v) is 11.5. The first-order valence-electron chi connectivity index (χ1n) is 11.5. The third-order valence-electron chi connectivity index (χ3n) is 6.96. The fourth-order valence-electron chi connectivity index (χ4n) is 5.14. The summed E-state index contributed by atoms with van der Waals surface area (Å²) in [6.45, 7) is 2.89. The number of hydrogen-bond donors (Lipinski definition) is 0. The van der Waals surface area contributed by atoms with E-state index in [1.165, 1.54) is 0 Å². The smallest absolute Gasteiger partial charge is 0.329 e. The lowest BCUT2D eigenvalue weighted by Crippen LogP contribution is -2.39. The van der Waals surface area contributed by atoms with Gasteiger partial charge in [0.1, 0.15) is 5.52 Å². The Morgan fingerprint density at radius 2 is 1.82 bits per heavy atom. The summed E-state index contributed by atoms with van der Waals surface area (Å²) in [7, 11) is 1.78. The summed E-state index contributed by atoms with van der Waals surface area (Å²) in [5.74, 6) is 0.0780. The van der Waals surface area contributed by atoms with Crippen molar-refractivity contribution in [3.63, 3.8) is 0 Å². The van der Waals surface area contributed by atoms with Crippen LogP contribution in [0.15, 0.2) is 59.7 Å². The highest BCUT2D eigenvalue weighted by Gasteiger charge is 2.27. The molecule has 1 aliphatic rings. The second-order valence-electron chi connectivity index (χ2n) is 8.88. The zero-order valence-electron chi connectivity index (χ0n) is 19.1. The molecule has 1 aromatic carbocycles. The third-order valence-corrected chi connectivity index (χ3v) is 6.96. The molecule has 0 atom stereocenters. The summed E-state index contributed by atoms with van der Waals surface area (Å²) in [5.41, 5.74) is 5.66. The van der Waals surface area contributed by atoms with Gasteiger partial charge in [-0.1, -0.05) is 18.2 Å². The third kappa shape index (κ3) is 3.09. The van der Waals surface area contributed by atoms with E-state index in [4.69, 9.17) is 4.98 Å². The number of piperidine rings is 1. The molecule has 1 aliphatic heterocycles. The van der Waals surface area contributed by atoms with Gasteiger partial charge in [0.2, 0.25) is 5.91 Å². The fourth-order valence-corrected chi connectivity index (χ4v) is 5.14. The van der Waals surface area contributed by atoms with Crippen molar-refractivity contribution in [1.29, 1.82) is 0 Å². The van der Waals surface area contributed by atoms with E-state index in [-0.39, 0.29) is 17.6 Å². The van der Waals surface area contributed by atoms with Gasteiger partial charge in [-0.25, -0.2) is 9.78 Å². The Balaban J connectivity index is 1.57. The molecule has 1 saturated heterocycles. The van der Waals surface area contributed by atoms with Gasteiger partial charge < -0.3 is 4.90 Å². The zero-order chi connectivity index (χ0) is 23.4. The molecule has 4 aromatic heterocycles. The number of aromatic nitrogens is 5. The van der Waals surface area contributed by atoms with E-state index in [0.717, 1.165) is 51.6 Å². The number of imidazole rings is 1. The van der Waals surface area contributed by atoms with Gasteiger partial charge in [0.05, 0.1) is 34.0 Å². The number of pyridine rings is 3. The number of carbonyl (C=O) groups is 1. The average Bonchev–Trinajstić information content (AvgIpc) is 3.13. The van der Waals surface area contributed by atoms with Gasteiger partial charge in [-0.15, -0.1) is 0 Å². The van der Waals surface area contributed by atoms with Crippen molar-refractivity contribution in [2.75, 3.05) is 13.1 Å². The molecular formula is C26H24N6O2. The Kier molecular flexibility index (Phi) is 4.69. The van der Waals surface area contributed by atoms with Gasteiger partial charge in [0, 0.05) is 50.2 Å². The quantitative estimate of drug-likeness (QED) is 0.408. The van der Waals surface area contributed by atoms with Crippen LogP contribution in [0.25, 0.3) is 44.2 Å². The molecule has 0 saturated carbocycles. The molecule has 0 bridgehead atoms. The highest BCUT2D eigenvalue weighted by molar-refractivity contribution is 6.02. The van der Waals surface area contributed by atoms with Crippen molar-refractivity contribution < 1.29 is 4.79 Å². The highest BCUT2D eigenvalue weighted by atomic mass is 16.2. The van der Waals surface area contributed by atoms with Crippen LogP contribution >= 0.6 is 0 Å². The Bertz CT molecular complexity index is 1640. The highest BCUT2D eigenvalue weighted by Crippen LogP contribution is 2.32. The van der Waals surface area contributed by atoms with E-state index in [9.17, 15) is 9.59 Å². The Morgan fingerprint density at radius 3 is 2.62 bits per heavy atom. The van der Waals surface area contributed by atoms with Gasteiger partial charge in [0.25, 0.3) is 0 Å². The number of rotatable bonds is 2. The summed E-state index contributed by atoms with van der Waals surface area (Å²) in [6.07, 6.45) is 5.01. The minimum atomic E-state index is -0.0767. The number of amides is 1. The molecule has 6 rings (SSSR count). The lowest BCUT2D eigenvalue weighted by Gasteiger charge is -2.31. The van der Waals surface area contributed by atoms with Crippen LogP contribution in [-0.2, 0) is 11.8 Å². The van der Waals surface area contributed by atoms with Crippen LogP contribution in [0.3, 0.4) is 0 Å². The maximum atomic E-state index is 13.4. The summed E-state index contributed by atoms with van der Waals surface area (Å²) in [5, 5.41) is 1.03. The molecule has 5 heterocycles. The van der Waals surface area contributed by atoms with Crippen LogP contribution < -0.4 is 5.69 Å². The predicted molar refractivity (Wildman–Crippen MR) is 132 cm³/mol. The van der Waals surface area contributed by atoms with Crippen LogP contribution in [0.4, 0.5) is 0 Å². The molecule has 0 spiro atoms. The summed E-state index contributed by atoms with van der Waals surface area (Å²) in [6, 6.07) is 13.9. The summed E-state index contributed by atoms with van der Waals surface area (Å²) in [4.78, 5) is 41.1. The standard InChI is InChI=1S/C26H24N6O2/c1-16(33)31-13-10-17(11-14-31)32-25-23(30(2)26(32)34)15-28-22-9-8-21(29-24(22)25)19-5-3-7-20-18(19)6-4-12-27-20/h3-9,12,15,17H,10-11,13-14H2,1-2H3. The SMILES string of the molecule is CC(=O)N1CCC(n2c(=O)n(C)c3cnc4ccc(-c5cccc6ncccc56)nc4c32)CC1. The number of benzene rings is 1. The number of aryl methyl sites for hydroxylation is 1. The first kappa shape index (κ1) is 20.5. The number of nitrogens with zero attached hydrogens (tertiary/aromatic N) is 6. The fraction of sp³-hybridized carbons (Fsp3) is 0.269. The molecule has 34 heavy (non-hydrogen) atoms. The van der Waals surface area contributed by atoms with Crippen molar-refractivity contribution >= 4 is 38.9 Å². The summed E-state index contributed by atoms with van der Waals surface area (Å²) < 4.78 is 3.52. The zero-order valence-corrected chi connectivity index (χ0v) is 19.1. The Labute approximate surface area is 195 Å². The van der Waals surface area contributed by atoms with Crippen molar-refractivity contribution in [1.82, 2.24) is 29.0 Å². The van der Waals surface area contributed by atoms with Crippen LogP contribution in [0, 0.1) is 0 Å². The van der Waals surface area contributed by atoms with Crippen molar-refractivity contribution in [2.45, 2.75) is 25.8 Å². The topological polar surface area (TPSA) is 85.9 Å². The normalized spacial score (nSPS) is 14.9. The van der Waals surface area contributed by atoms with E-state index < -0.39 is 0 Å². The summed E-state index contributed by atoms with van der Waals surface area (Å²) >= 11 is 0. The van der Waals surface area contributed by atoms with Gasteiger partial charge >= 0.3 is 5.69 Å². The van der Waals surface area contributed by atoms with Gasteiger partial charge in [-0.05, 0) is 37.1 Å². The second-order valence-corrected chi connectivity index (χ2v) is 8.88. The van der Waals surface area contributed by atoms with Crippen LogP contribution in [0.2, 0.25) is 0 Å². The van der Waals surface area contributed by atoms with E-state index in [1.807, 2.05) is 51.9 Å². The monoisotopic (exact) mass is 452 g/mol. The van der Waals surface area contributed by atoms with Crippen LogP contribution in [-0.4, -0.2) is 48.0 Å². The van der Waals surface area contributed by atoms with E-state index in [1.54, 1.807) is 30.9 Å². The van der Waals surface area contributed by atoms with Crippen molar-refractivity contribution in [3.8, 4) is 11.3 Å². The van der Waals surface area contributed by atoms with Crippen LogP contribution in [0.5, 0.6) is 0 Å². The molecule has 0 unspecified atom stereocenters. The van der Waals surface area contributed by atoms with E-state index in [2.05, 4.69) is 9.97 Å². The second kappa shape index (κ2) is 7.76. The number of fused-ring (bicyclic) bond motifs is 4. The van der Waals surface area contributed by atoms with Gasteiger partial charge in [-0.3, -0.25) is 23.9 Å². The molecule has 1 amide bonds. The number of hydrogen-bond acceptors (Lipinski definition) is 5. The molecule has 5 aromatic rings. The first-order chi connectivity index (χ1) is 16.5. The van der Waals surface area contributed by atoms with Crippen LogP contribution in [0.1, 0.15) is 25.8 Å². The minimum Gasteiger partial charge on any atom is -0.343 e. The molecule has 1 fully saturated rings. The largest absolute Gasteiger partial charge is 0.343 e. The Morgan fingerprint density at radius 1 is 1.00 bits per heavy atom. The molecule has 170 valence electrons. The molecule has 0 N–H and O–H groups in total. The maximum absolute atomic E-state index is 13.4. The van der Waals surface area contributed by atoms with Crippen molar-refractivity contribution in [2.24, 2.45) is 7.05 Å². The lowest BCUT2D eigenvalue weighted by atomic mass is 10.0. The minimum absolute atomic E-state index is 0.00427. The average molecular weight is 453 g/mol. The number of carbonyl (C=O) groups excluding carboxylic acids is 1. The molecular weight excluding hydrogens is 428 g/mol. The van der Waals surface area contributed by atoms with E-state index >= 15 is 0 Å². The molecule has 0 aliphatic carbocycles. The Hall–Kier alpha value is -4.07. The molecule has 8 heteroatoms. The molecule has 0 radical (unpaired) electrons. The molecule has 8 nitrogen and oxygen atoms in total. The van der Waals surface area contributed by atoms with E-state index in [0.29, 0.717) is 18.6 Å². The van der Waals surface area contributed by atoms with Gasteiger partial charge in [0.15, 0.2) is 0 Å². The van der Waals surface area contributed by atoms with Gasteiger partial charge in [-0.2, -0.15) is 0 Å². The lowest BCUT2D eigenvalue weighted by molar-refractivity contribution is -0.130. The maximum Gasteiger partial charge on any atom is 0.329 e.